The van der Waals surface area contributed by atoms with Gasteiger partial charge in [0.1, 0.15) is 11.2 Å². The van der Waals surface area contributed by atoms with Gasteiger partial charge in [-0.05, 0) is 119 Å². The summed E-state index contributed by atoms with van der Waals surface area (Å²) in [7, 11) is 0. The average molecular weight is 701 g/mol. The Bertz CT molecular complexity index is 3460. The molecule has 0 bridgehead atoms. The van der Waals surface area contributed by atoms with Crippen molar-refractivity contribution in [3.05, 3.63) is 181 Å². The summed E-state index contributed by atoms with van der Waals surface area (Å²) in [6.07, 6.45) is 0. The second-order valence-corrected chi connectivity index (χ2v) is 14.0. The molecule has 0 amide bonds. The van der Waals surface area contributed by atoms with E-state index in [9.17, 15) is 10.5 Å². The highest BCUT2D eigenvalue weighted by molar-refractivity contribution is 6.17. The summed E-state index contributed by atoms with van der Waals surface area (Å²) in [6, 6.07) is 63.2. The predicted octanol–water partition coefficient (Wildman–Crippen LogP) is 12.9. The first-order valence-corrected chi connectivity index (χ1v) is 18.2. The summed E-state index contributed by atoms with van der Waals surface area (Å²) in [4.78, 5) is 0. The molecule has 0 saturated heterocycles. The molecule has 0 aliphatic carbocycles. The molecule has 8 aromatic carbocycles. The maximum absolute atomic E-state index is 9.89. The Labute approximate surface area is 315 Å². The molecule has 0 N–H and O–H groups in total. The summed E-state index contributed by atoms with van der Waals surface area (Å²) >= 11 is 0. The van der Waals surface area contributed by atoms with Crippen LogP contribution in [0.25, 0.3) is 99.2 Å². The second kappa shape index (κ2) is 11.8. The molecule has 11 rings (SSSR count). The van der Waals surface area contributed by atoms with E-state index < -0.39 is 0 Å². The minimum atomic E-state index is 0.610. The van der Waals surface area contributed by atoms with Crippen molar-refractivity contribution in [3.8, 4) is 45.8 Å². The molecule has 0 spiro atoms. The van der Waals surface area contributed by atoms with Crippen LogP contribution in [-0.2, 0) is 0 Å². The molecule has 3 aromatic heterocycles. The van der Waals surface area contributed by atoms with Gasteiger partial charge in [0.2, 0.25) is 0 Å². The van der Waals surface area contributed by atoms with Crippen LogP contribution in [0, 0.1) is 22.7 Å². The second-order valence-electron chi connectivity index (χ2n) is 14.0. The van der Waals surface area contributed by atoms with Crippen molar-refractivity contribution in [2.24, 2.45) is 0 Å². The lowest BCUT2D eigenvalue weighted by molar-refractivity contribution is 0.669. The molecule has 55 heavy (non-hydrogen) atoms. The van der Waals surface area contributed by atoms with E-state index in [2.05, 4.69) is 124 Å². The first-order chi connectivity index (χ1) is 27.1. The fraction of sp³-hybridized carbons (Fsp3) is 0. The first-order valence-electron chi connectivity index (χ1n) is 18.2. The van der Waals surface area contributed by atoms with Crippen molar-refractivity contribution in [2.75, 3.05) is 0 Å². The molecule has 0 saturated carbocycles. The highest BCUT2D eigenvalue weighted by Crippen LogP contribution is 2.41. The van der Waals surface area contributed by atoms with Crippen LogP contribution in [0.3, 0.4) is 0 Å². The van der Waals surface area contributed by atoms with Gasteiger partial charge in [-0.3, -0.25) is 0 Å². The zero-order valence-electron chi connectivity index (χ0n) is 29.4. The average Bonchev–Trinajstić information content (AvgIpc) is 3.89. The molecule has 5 heteroatoms. The number of nitriles is 2. The van der Waals surface area contributed by atoms with E-state index in [-0.39, 0.29) is 0 Å². The molecular formula is C50H28N4O. The van der Waals surface area contributed by atoms with Gasteiger partial charge in [-0.25, -0.2) is 0 Å². The van der Waals surface area contributed by atoms with E-state index in [1.807, 2.05) is 66.7 Å². The van der Waals surface area contributed by atoms with Crippen LogP contribution in [0.5, 0.6) is 0 Å². The SMILES string of the molecule is N#Cc1cccc(-c2cc(-c3ccc4c(c3)c3cc(C#N)ccc3n4-c3ccccc3)cc(-n3c4ccccc4c4cc5oc6ccccc6c5cc43)c2)c1. The summed E-state index contributed by atoms with van der Waals surface area (Å²) in [5.41, 5.74) is 13.4. The minimum Gasteiger partial charge on any atom is -0.456 e. The molecule has 0 radical (unpaired) electrons. The van der Waals surface area contributed by atoms with Crippen LogP contribution in [0.1, 0.15) is 11.1 Å². The topological polar surface area (TPSA) is 70.6 Å². The van der Waals surface area contributed by atoms with E-state index in [1.54, 1.807) is 0 Å². The van der Waals surface area contributed by atoms with Gasteiger partial charge in [0.15, 0.2) is 0 Å². The quantitative estimate of drug-likeness (QED) is 0.183. The fourth-order valence-electron chi connectivity index (χ4n) is 8.43. The van der Waals surface area contributed by atoms with Gasteiger partial charge in [-0.15, -0.1) is 0 Å². The lowest BCUT2D eigenvalue weighted by Crippen LogP contribution is -1.96. The summed E-state index contributed by atoms with van der Waals surface area (Å²) < 4.78 is 11.0. The van der Waals surface area contributed by atoms with Gasteiger partial charge in [0, 0.05) is 43.7 Å². The molecule has 254 valence electrons. The van der Waals surface area contributed by atoms with Gasteiger partial charge >= 0.3 is 0 Å². The first kappa shape index (κ1) is 30.7. The number of hydrogen-bond donors (Lipinski definition) is 0. The number of furan rings is 1. The Balaban J connectivity index is 1.21. The van der Waals surface area contributed by atoms with Crippen molar-refractivity contribution in [1.82, 2.24) is 9.13 Å². The van der Waals surface area contributed by atoms with E-state index >= 15 is 0 Å². The number of benzene rings is 8. The predicted molar refractivity (Wildman–Crippen MR) is 223 cm³/mol. The van der Waals surface area contributed by atoms with Crippen LogP contribution in [0.4, 0.5) is 0 Å². The molecular weight excluding hydrogens is 673 g/mol. The van der Waals surface area contributed by atoms with Gasteiger partial charge in [0.25, 0.3) is 0 Å². The maximum Gasteiger partial charge on any atom is 0.136 e. The normalized spacial score (nSPS) is 11.6. The monoisotopic (exact) mass is 700 g/mol. The van der Waals surface area contributed by atoms with Crippen molar-refractivity contribution >= 4 is 65.6 Å². The smallest absolute Gasteiger partial charge is 0.136 e. The van der Waals surface area contributed by atoms with E-state index in [1.165, 1.54) is 0 Å². The number of aromatic nitrogens is 2. The van der Waals surface area contributed by atoms with Crippen molar-refractivity contribution < 1.29 is 4.42 Å². The Morgan fingerprint density at radius 1 is 0.345 bits per heavy atom. The molecule has 0 aliphatic heterocycles. The van der Waals surface area contributed by atoms with E-state index in [0.29, 0.717) is 11.1 Å². The number of para-hydroxylation sites is 3. The van der Waals surface area contributed by atoms with Crippen LogP contribution in [0.2, 0.25) is 0 Å². The largest absolute Gasteiger partial charge is 0.456 e. The number of nitrogens with zero attached hydrogens (tertiary/aromatic N) is 4. The zero-order chi connectivity index (χ0) is 36.6. The van der Waals surface area contributed by atoms with Crippen molar-refractivity contribution in [2.45, 2.75) is 0 Å². The van der Waals surface area contributed by atoms with Gasteiger partial charge in [-0.2, -0.15) is 10.5 Å². The Morgan fingerprint density at radius 2 is 0.982 bits per heavy atom. The van der Waals surface area contributed by atoms with E-state index in [4.69, 9.17) is 4.42 Å². The standard InChI is InChI=1S/C50H28N4O/c51-29-31-9-8-10-33(21-31)35-23-36(34-18-20-47-42(26-34)41-22-32(30-52)17-19-46(41)53(47)37-11-2-1-3-12-37)25-38(24-35)54-45-15-6-4-13-39(45)43-28-50-44(27-48(43)54)40-14-5-7-16-49(40)55-50/h1-28H. The van der Waals surface area contributed by atoms with Crippen LogP contribution >= 0.6 is 0 Å². The zero-order valence-corrected chi connectivity index (χ0v) is 29.4. The molecule has 0 atom stereocenters. The number of fused-ring (bicyclic) bond motifs is 9. The van der Waals surface area contributed by atoms with Crippen molar-refractivity contribution in [3.63, 3.8) is 0 Å². The lowest BCUT2D eigenvalue weighted by atomic mass is 9.96. The summed E-state index contributed by atoms with van der Waals surface area (Å²) in [6.45, 7) is 0. The number of rotatable bonds is 4. The molecule has 3 heterocycles. The van der Waals surface area contributed by atoms with Crippen LogP contribution in [0.15, 0.2) is 174 Å². The minimum absolute atomic E-state index is 0.610. The Morgan fingerprint density at radius 3 is 1.80 bits per heavy atom. The Hall–Kier alpha value is -7.86. The molecule has 11 aromatic rings. The van der Waals surface area contributed by atoms with Gasteiger partial charge < -0.3 is 13.6 Å². The van der Waals surface area contributed by atoms with E-state index in [0.717, 1.165) is 99.2 Å². The van der Waals surface area contributed by atoms with Gasteiger partial charge in [-0.1, -0.05) is 72.8 Å². The third kappa shape index (κ3) is 4.71. The molecule has 0 aliphatic rings. The maximum atomic E-state index is 9.89. The van der Waals surface area contributed by atoms with Crippen LogP contribution < -0.4 is 0 Å². The Kier molecular flexibility index (Phi) is 6.61. The fourth-order valence-corrected chi connectivity index (χ4v) is 8.43. The molecule has 0 unspecified atom stereocenters. The van der Waals surface area contributed by atoms with Crippen molar-refractivity contribution in [1.29, 1.82) is 10.5 Å². The summed E-state index contributed by atoms with van der Waals surface area (Å²) in [5.74, 6) is 0. The third-order valence-electron chi connectivity index (χ3n) is 10.9. The highest BCUT2D eigenvalue weighted by atomic mass is 16.3. The van der Waals surface area contributed by atoms with Crippen LogP contribution in [-0.4, -0.2) is 9.13 Å². The number of hydrogen-bond acceptors (Lipinski definition) is 3. The highest BCUT2D eigenvalue weighted by Gasteiger charge is 2.19. The lowest BCUT2D eigenvalue weighted by Gasteiger charge is -2.15. The molecule has 5 nitrogen and oxygen atoms in total. The third-order valence-corrected chi connectivity index (χ3v) is 10.9. The summed E-state index contributed by atoms with van der Waals surface area (Å²) in [5, 5.41) is 26.2. The van der Waals surface area contributed by atoms with Gasteiger partial charge in [0.05, 0.1) is 45.3 Å². The molecule has 0 fully saturated rings.